The van der Waals surface area contributed by atoms with Crippen LogP contribution in [0.25, 0.3) is 0 Å². The number of hydrogen-bond donors (Lipinski definition) is 2. The average Bonchev–Trinajstić information content (AvgIpc) is 2.39. The van der Waals surface area contributed by atoms with E-state index in [1.165, 1.54) is 12.1 Å². The Labute approximate surface area is 135 Å². The maximum atomic E-state index is 12.5. The standard InChI is InChI=1S/C13H16BrClF2N2O2/c1-2-3-7(6-18)12(20)19-10-5-8(15)4-9(14)11(10)21-13(16)17/h4-5,7,13H,2-3,6,18H2,1H3,(H,19,20). The number of hydrogen-bond acceptors (Lipinski definition) is 3. The monoisotopic (exact) mass is 384 g/mol. The smallest absolute Gasteiger partial charge is 0.387 e. The Hall–Kier alpha value is -0.920. The summed E-state index contributed by atoms with van der Waals surface area (Å²) in [5.74, 6) is -0.921. The minimum Gasteiger partial charge on any atom is -0.431 e. The summed E-state index contributed by atoms with van der Waals surface area (Å²) in [5, 5.41) is 2.82. The van der Waals surface area contributed by atoms with Crippen LogP contribution in [-0.4, -0.2) is 19.1 Å². The minimum absolute atomic E-state index is 0.0780. The molecule has 4 nitrogen and oxygen atoms in total. The van der Waals surface area contributed by atoms with E-state index in [-0.39, 0.29) is 33.4 Å². The van der Waals surface area contributed by atoms with Gasteiger partial charge in [-0.25, -0.2) is 0 Å². The quantitative estimate of drug-likeness (QED) is 0.745. The van der Waals surface area contributed by atoms with Crippen LogP contribution in [0.1, 0.15) is 19.8 Å². The molecule has 1 aromatic carbocycles. The van der Waals surface area contributed by atoms with E-state index in [0.717, 1.165) is 6.42 Å². The summed E-state index contributed by atoms with van der Waals surface area (Å²) < 4.78 is 29.6. The molecule has 1 aromatic rings. The number of halogens is 4. The summed E-state index contributed by atoms with van der Waals surface area (Å²) in [6, 6.07) is 2.75. The maximum Gasteiger partial charge on any atom is 0.387 e. The number of benzene rings is 1. The molecule has 21 heavy (non-hydrogen) atoms. The number of alkyl halides is 2. The molecule has 0 aliphatic heterocycles. The lowest BCUT2D eigenvalue weighted by molar-refractivity contribution is -0.119. The lowest BCUT2D eigenvalue weighted by atomic mass is 10.0. The van der Waals surface area contributed by atoms with E-state index in [1.807, 2.05) is 6.92 Å². The second-order valence-electron chi connectivity index (χ2n) is 4.35. The highest BCUT2D eigenvalue weighted by Crippen LogP contribution is 2.37. The Morgan fingerprint density at radius 1 is 1.52 bits per heavy atom. The first-order valence-corrected chi connectivity index (χ1v) is 7.50. The maximum absolute atomic E-state index is 12.5. The fraction of sp³-hybridized carbons (Fsp3) is 0.462. The van der Waals surface area contributed by atoms with Crippen LogP contribution >= 0.6 is 27.5 Å². The fourth-order valence-electron chi connectivity index (χ4n) is 1.80. The lowest BCUT2D eigenvalue weighted by Gasteiger charge is -2.17. The van der Waals surface area contributed by atoms with Crippen LogP contribution in [-0.2, 0) is 4.79 Å². The second kappa shape index (κ2) is 8.51. The van der Waals surface area contributed by atoms with Crippen LogP contribution in [0.2, 0.25) is 5.02 Å². The molecule has 118 valence electrons. The Morgan fingerprint density at radius 3 is 2.71 bits per heavy atom. The van der Waals surface area contributed by atoms with E-state index in [1.54, 1.807) is 0 Å². The number of nitrogens with two attached hydrogens (primary N) is 1. The van der Waals surface area contributed by atoms with Crippen molar-refractivity contribution < 1.29 is 18.3 Å². The molecular weight excluding hydrogens is 370 g/mol. The van der Waals surface area contributed by atoms with E-state index >= 15 is 0 Å². The summed E-state index contributed by atoms with van der Waals surface area (Å²) in [4.78, 5) is 12.1. The molecule has 1 amide bonds. The molecule has 0 aromatic heterocycles. The predicted molar refractivity (Wildman–Crippen MR) is 81.9 cm³/mol. The Bertz CT molecular complexity index is 503. The van der Waals surface area contributed by atoms with Crippen LogP contribution in [0.5, 0.6) is 5.75 Å². The van der Waals surface area contributed by atoms with E-state index < -0.39 is 12.5 Å². The van der Waals surface area contributed by atoms with Crippen molar-refractivity contribution in [3.8, 4) is 5.75 Å². The van der Waals surface area contributed by atoms with Crippen LogP contribution in [0.3, 0.4) is 0 Å². The zero-order valence-corrected chi connectivity index (χ0v) is 13.7. The lowest BCUT2D eigenvalue weighted by Crippen LogP contribution is -2.29. The number of rotatable bonds is 7. The van der Waals surface area contributed by atoms with E-state index in [2.05, 4.69) is 26.0 Å². The number of amides is 1. The molecular formula is C13H16BrClF2N2O2. The molecule has 8 heteroatoms. The average molecular weight is 386 g/mol. The topological polar surface area (TPSA) is 64.4 Å². The summed E-state index contributed by atoms with van der Waals surface area (Å²) in [7, 11) is 0. The van der Waals surface area contributed by atoms with Gasteiger partial charge in [-0.05, 0) is 34.5 Å². The Balaban J connectivity index is 3.02. The van der Waals surface area contributed by atoms with E-state index in [9.17, 15) is 13.6 Å². The molecule has 0 spiro atoms. The largest absolute Gasteiger partial charge is 0.431 e. The highest BCUT2D eigenvalue weighted by atomic mass is 79.9. The number of carbonyl (C=O) groups excluding carboxylic acids is 1. The molecule has 0 aliphatic rings. The van der Waals surface area contributed by atoms with Gasteiger partial charge in [-0.1, -0.05) is 24.9 Å². The first-order chi connectivity index (χ1) is 9.88. The summed E-state index contributed by atoms with van der Waals surface area (Å²) in [5.41, 5.74) is 5.62. The van der Waals surface area contributed by atoms with Crippen molar-refractivity contribution in [1.82, 2.24) is 0 Å². The van der Waals surface area contributed by atoms with Gasteiger partial charge in [-0.3, -0.25) is 4.79 Å². The molecule has 1 rings (SSSR count). The van der Waals surface area contributed by atoms with Crippen molar-refractivity contribution >= 4 is 39.1 Å². The third-order valence-corrected chi connectivity index (χ3v) is 3.57. The second-order valence-corrected chi connectivity index (χ2v) is 5.64. The molecule has 0 heterocycles. The SMILES string of the molecule is CCCC(CN)C(=O)Nc1cc(Cl)cc(Br)c1OC(F)F. The van der Waals surface area contributed by atoms with Gasteiger partial charge in [0.05, 0.1) is 16.1 Å². The van der Waals surface area contributed by atoms with Gasteiger partial charge in [0, 0.05) is 11.6 Å². The molecule has 0 aliphatic carbocycles. The van der Waals surface area contributed by atoms with Crippen LogP contribution in [0.4, 0.5) is 14.5 Å². The highest BCUT2D eigenvalue weighted by molar-refractivity contribution is 9.10. The third-order valence-electron chi connectivity index (χ3n) is 2.77. The number of carbonyl (C=O) groups is 1. The Kier molecular flexibility index (Phi) is 7.34. The van der Waals surface area contributed by atoms with Crippen molar-refractivity contribution in [1.29, 1.82) is 0 Å². The first-order valence-electron chi connectivity index (χ1n) is 6.33. The number of anilines is 1. The highest BCUT2D eigenvalue weighted by Gasteiger charge is 2.20. The molecule has 1 atom stereocenters. The predicted octanol–water partition coefficient (Wildman–Crippen LogP) is 4.02. The van der Waals surface area contributed by atoms with Crippen molar-refractivity contribution in [2.45, 2.75) is 26.4 Å². The molecule has 0 saturated heterocycles. The van der Waals surface area contributed by atoms with E-state index in [0.29, 0.717) is 6.42 Å². The molecule has 0 bridgehead atoms. The van der Waals surface area contributed by atoms with Crippen LogP contribution < -0.4 is 15.8 Å². The van der Waals surface area contributed by atoms with Gasteiger partial charge in [0.1, 0.15) is 0 Å². The number of ether oxygens (including phenoxy) is 1. The van der Waals surface area contributed by atoms with Gasteiger partial charge >= 0.3 is 6.61 Å². The minimum atomic E-state index is -3.01. The molecule has 3 N–H and O–H groups in total. The van der Waals surface area contributed by atoms with Gasteiger partial charge < -0.3 is 15.8 Å². The normalized spacial score (nSPS) is 12.3. The molecule has 0 fully saturated rings. The molecule has 0 saturated carbocycles. The summed E-state index contributed by atoms with van der Waals surface area (Å²) in [6.45, 7) is -0.914. The third kappa shape index (κ3) is 5.41. The van der Waals surface area contributed by atoms with Gasteiger partial charge in [-0.2, -0.15) is 8.78 Å². The van der Waals surface area contributed by atoms with Crippen molar-refractivity contribution in [2.75, 3.05) is 11.9 Å². The van der Waals surface area contributed by atoms with E-state index in [4.69, 9.17) is 17.3 Å². The van der Waals surface area contributed by atoms with Gasteiger partial charge in [0.15, 0.2) is 5.75 Å². The molecule has 0 radical (unpaired) electrons. The summed E-state index contributed by atoms with van der Waals surface area (Å²) in [6.07, 6.45) is 1.39. The van der Waals surface area contributed by atoms with Crippen molar-refractivity contribution in [3.63, 3.8) is 0 Å². The molecule has 1 unspecified atom stereocenters. The zero-order chi connectivity index (χ0) is 16.0. The van der Waals surface area contributed by atoms with Crippen molar-refractivity contribution in [3.05, 3.63) is 21.6 Å². The van der Waals surface area contributed by atoms with Crippen molar-refractivity contribution in [2.24, 2.45) is 11.7 Å². The van der Waals surface area contributed by atoms with Gasteiger partial charge in [0.25, 0.3) is 0 Å². The zero-order valence-electron chi connectivity index (χ0n) is 11.3. The van der Waals surface area contributed by atoms with Gasteiger partial charge in [0.2, 0.25) is 5.91 Å². The fourth-order valence-corrected chi connectivity index (χ4v) is 2.70. The summed E-state index contributed by atoms with van der Waals surface area (Å²) >= 11 is 8.95. The van der Waals surface area contributed by atoms with Gasteiger partial charge in [-0.15, -0.1) is 0 Å². The number of nitrogens with one attached hydrogen (secondary N) is 1. The Morgan fingerprint density at radius 2 is 2.19 bits per heavy atom. The first kappa shape index (κ1) is 18.1. The van der Waals surface area contributed by atoms with Crippen LogP contribution in [0, 0.1) is 5.92 Å². The van der Waals surface area contributed by atoms with Crippen LogP contribution in [0.15, 0.2) is 16.6 Å².